The van der Waals surface area contributed by atoms with Gasteiger partial charge in [0.2, 0.25) is 0 Å². The predicted octanol–water partition coefficient (Wildman–Crippen LogP) is 1.91. The average molecular weight is 210 g/mol. The first kappa shape index (κ1) is 12.1. The largest absolute Gasteiger partial charge is 0.329 e. The number of hydrogen-bond acceptors (Lipinski definition) is 2. The summed E-state index contributed by atoms with van der Waals surface area (Å²) < 4.78 is 13.5. The second-order valence-corrected chi connectivity index (χ2v) is 3.75. The van der Waals surface area contributed by atoms with E-state index in [0.717, 1.165) is 24.2 Å². The van der Waals surface area contributed by atoms with Gasteiger partial charge in [-0.2, -0.15) is 0 Å². The van der Waals surface area contributed by atoms with E-state index in [9.17, 15) is 4.39 Å². The first-order valence-corrected chi connectivity index (χ1v) is 5.34. The number of likely N-dealkylation sites (N-methyl/N-ethyl adjacent to an activating group) is 1. The molecule has 0 radical (unpaired) electrons. The molecule has 0 saturated heterocycles. The predicted molar refractivity (Wildman–Crippen MR) is 61.1 cm³/mol. The maximum absolute atomic E-state index is 13.5. The Morgan fingerprint density at radius 3 is 2.67 bits per heavy atom. The molecule has 84 valence electrons. The zero-order valence-electron chi connectivity index (χ0n) is 9.46. The van der Waals surface area contributed by atoms with Crippen LogP contribution in [0.5, 0.6) is 0 Å². The van der Waals surface area contributed by atoms with Crippen molar-refractivity contribution in [3.8, 4) is 0 Å². The third-order valence-corrected chi connectivity index (χ3v) is 2.50. The number of halogens is 1. The van der Waals surface area contributed by atoms with Crippen LogP contribution in [0.2, 0.25) is 0 Å². The van der Waals surface area contributed by atoms with Crippen molar-refractivity contribution >= 4 is 0 Å². The van der Waals surface area contributed by atoms with E-state index in [4.69, 9.17) is 5.73 Å². The van der Waals surface area contributed by atoms with Crippen molar-refractivity contribution in [1.82, 2.24) is 4.90 Å². The monoisotopic (exact) mass is 210 g/mol. The van der Waals surface area contributed by atoms with Crippen LogP contribution >= 0.6 is 0 Å². The second-order valence-electron chi connectivity index (χ2n) is 3.75. The zero-order chi connectivity index (χ0) is 11.3. The fraction of sp³-hybridized carbons (Fsp3) is 0.500. The Hall–Kier alpha value is -0.930. The molecule has 15 heavy (non-hydrogen) atoms. The number of nitrogens with two attached hydrogens (primary N) is 1. The highest BCUT2D eigenvalue weighted by Crippen LogP contribution is 2.12. The lowest BCUT2D eigenvalue weighted by Crippen LogP contribution is -2.29. The van der Waals surface area contributed by atoms with Gasteiger partial charge in [-0.15, -0.1) is 0 Å². The van der Waals surface area contributed by atoms with Crippen LogP contribution in [0.15, 0.2) is 18.2 Å². The Labute approximate surface area is 90.9 Å². The minimum Gasteiger partial charge on any atom is -0.329 e. The van der Waals surface area contributed by atoms with Crippen LogP contribution in [0, 0.1) is 12.7 Å². The Morgan fingerprint density at radius 1 is 1.40 bits per heavy atom. The lowest BCUT2D eigenvalue weighted by molar-refractivity contribution is 0.284. The second kappa shape index (κ2) is 5.83. The van der Waals surface area contributed by atoms with E-state index in [-0.39, 0.29) is 5.82 Å². The number of aryl methyl sites for hydroxylation is 1. The average Bonchev–Trinajstić information content (AvgIpc) is 2.21. The summed E-state index contributed by atoms with van der Waals surface area (Å²) in [6.45, 7) is 6.90. The standard InChI is InChI=1S/C12H19FN2/c1-3-15(7-6-14)9-11-5-4-10(2)8-12(11)13/h4-5,8H,3,6-7,9,14H2,1-2H3. The molecule has 1 aromatic rings. The number of rotatable bonds is 5. The minimum atomic E-state index is -0.120. The molecule has 0 heterocycles. The molecule has 0 aliphatic carbocycles. The number of hydrogen-bond donors (Lipinski definition) is 1. The summed E-state index contributed by atoms with van der Waals surface area (Å²) in [5.74, 6) is -0.120. The van der Waals surface area contributed by atoms with Gasteiger partial charge >= 0.3 is 0 Å². The van der Waals surface area contributed by atoms with Gasteiger partial charge in [-0.3, -0.25) is 4.90 Å². The molecule has 0 aliphatic heterocycles. The summed E-state index contributed by atoms with van der Waals surface area (Å²) >= 11 is 0. The molecule has 0 atom stereocenters. The van der Waals surface area contributed by atoms with Crippen LogP contribution in [0.1, 0.15) is 18.1 Å². The maximum Gasteiger partial charge on any atom is 0.127 e. The van der Waals surface area contributed by atoms with Crippen LogP contribution in [-0.4, -0.2) is 24.5 Å². The van der Waals surface area contributed by atoms with Crippen LogP contribution in [-0.2, 0) is 6.54 Å². The van der Waals surface area contributed by atoms with Gasteiger partial charge in [-0.1, -0.05) is 19.1 Å². The third-order valence-electron chi connectivity index (χ3n) is 2.50. The molecule has 1 aromatic carbocycles. The molecule has 0 amide bonds. The number of benzene rings is 1. The third kappa shape index (κ3) is 3.61. The summed E-state index contributed by atoms with van der Waals surface area (Å²) in [6.07, 6.45) is 0. The van der Waals surface area contributed by atoms with E-state index in [1.165, 1.54) is 0 Å². The molecule has 0 saturated carbocycles. The summed E-state index contributed by atoms with van der Waals surface area (Å²) in [6, 6.07) is 5.37. The van der Waals surface area contributed by atoms with Crippen LogP contribution in [0.25, 0.3) is 0 Å². The van der Waals surface area contributed by atoms with E-state index >= 15 is 0 Å². The molecular weight excluding hydrogens is 191 g/mol. The fourth-order valence-electron chi connectivity index (χ4n) is 1.55. The maximum atomic E-state index is 13.5. The van der Waals surface area contributed by atoms with E-state index in [0.29, 0.717) is 13.1 Å². The van der Waals surface area contributed by atoms with E-state index in [1.807, 2.05) is 19.1 Å². The summed E-state index contributed by atoms with van der Waals surface area (Å²) in [4.78, 5) is 2.13. The molecule has 3 heteroatoms. The van der Waals surface area contributed by atoms with Gasteiger partial charge in [-0.25, -0.2) is 4.39 Å². The first-order valence-electron chi connectivity index (χ1n) is 5.34. The van der Waals surface area contributed by atoms with Gasteiger partial charge in [0.15, 0.2) is 0 Å². The van der Waals surface area contributed by atoms with Gasteiger partial charge < -0.3 is 5.73 Å². The summed E-state index contributed by atoms with van der Waals surface area (Å²) in [5.41, 5.74) is 7.19. The first-order chi connectivity index (χ1) is 7.17. The molecule has 2 N–H and O–H groups in total. The molecular formula is C12H19FN2. The Morgan fingerprint density at radius 2 is 2.13 bits per heavy atom. The van der Waals surface area contributed by atoms with Crippen molar-refractivity contribution in [1.29, 1.82) is 0 Å². The minimum absolute atomic E-state index is 0.120. The lowest BCUT2D eigenvalue weighted by atomic mass is 10.1. The van der Waals surface area contributed by atoms with Gasteiger partial charge in [-0.05, 0) is 25.1 Å². The molecule has 0 spiro atoms. The lowest BCUT2D eigenvalue weighted by Gasteiger charge is -2.19. The molecule has 2 nitrogen and oxygen atoms in total. The summed E-state index contributed by atoms with van der Waals surface area (Å²) in [7, 11) is 0. The van der Waals surface area contributed by atoms with Gasteiger partial charge in [0.25, 0.3) is 0 Å². The van der Waals surface area contributed by atoms with Crippen molar-refractivity contribution in [2.24, 2.45) is 5.73 Å². The van der Waals surface area contributed by atoms with Crippen LogP contribution < -0.4 is 5.73 Å². The molecule has 0 bridgehead atoms. The van der Waals surface area contributed by atoms with Gasteiger partial charge in [0.1, 0.15) is 5.82 Å². The van der Waals surface area contributed by atoms with Crippen LogP contribution in [0.4, 0.5) is 4.39 Å². The molecule has 0 fully saturated rings. The van der Waals surface area contributed by atoms with Crippen molar-refractivity contribution in [2.75, 3.05) is 19.6 Å². The Balaban J connectivity index is 2.70. The Bertz CT molecular complexity index is 312. The van der Waals surface area contributed by atoms with Crippen molar-refractivity contribution in [3.05, 3.63) is 35.1 Å². The highest BCUT2D eigenvalue weighted by Gasteiger charge is 2.06. The Kier molecular flexibility index (Phi) is 4.72. The zero-order valence-corrected chi connectivity index (χ0v) is 9.46. The normalized spacial score (nSPS) is 11.0. The smallest absolute Gasteiger partial charge is 0.127 e. The van der Waals surface area contributed by atoms with Gasteiger partial charge in [0, 0.05) is 25.2 Å². The van der Waals surface area contributed by atoms with Crippen molar-refractivity contribution < 1.29 is 4.39 Å². The molecule has 0 aliphatic rings. The molecule has 0 aromatic heterocycles. The van der Waals surface area contributed by atoms with E-state index in [1.54, 1.807) is 6.07 Å². The van der Waals surface area contributed by atoms with Gasteiger partial charge in [0.05, 0.1) is 0 Å². The van der Waals surface area contributed by atoms with E-state index < -0.39 is 0 Å². The number of nitrogens with zero attached hydrogens (tertiary/aromatic N) is 1. The highest BCUT2D eigenvalue weighted by atomic mass is 19.1. The molecule has 1 rings (SSSR count). The van der Waals surface area contributed by atoms with Crippen LogP contribution in [0.3, 0.4) is 0 Å². The van der Waals surface area contributed by atoms with E-state index in [2.05, 4.69) is 11.8 Å². The van der Waals surface area contributed by atoms with Crippen molar-refractivity contribution in [3.63, 3.8) is 0 Å². The molecule has 0 unspecified atom stereocenters. The SMILES string of the molecule is CCN(CCN)Cc1ccc(C)cc1F. The highest BCUT2D eigenvalue weighted by molar-refractivity contribution is 5.23. The summed E-state index contributed by atoms with van der Waals surface area (Å²) in [5, 5.41) is 0. The van der Waals surface area contributed by atoms with Crippen molar-refractivity contribution in [2.45, 2.75) is 20.4 Å². The fourth-order valence-corrected chi connectivity index (χ4v) is 1.55. The topological polar surface area (TPSA) is 29.3 Å². The quantitative estimate of drug-likeness (QED) is 0.804.